The van der Waals surface area contributed by atoms with Gasteiger partial charge in [0.25, 0.3) is 0 Å². The van der Waals surface area contributed by atoms with Gasteiger partial charge in [0, 0.05) is 26.2 Å². The maximum absolute atomic E-state index is 9.59. The van der Waals surface area contributed by atoms with Crippen LogP contribution in [0.5, 0.6) is 5.75 Å². The van der Waals surface area contributed by atoms with Gasteiger partial charge < -0.3 is 9.64 Å². The number of hydrogen-bond acceptors (Lipinski definition) is 4. The molecule has 0 aliphatic carbocycles. The first-order valence-corrected chi connectivity index (χ1v) is 8.87. The van der Waals surface area contributed by atoms with E-state index in [1.807, 2.05) is 24.3 Å². The highest BCUT2D eigenvalue weighted by Gasteiger charge is 2.24. The lowest BCUT2D eigenvalue weighted by atomic mass is 10.1. The SMILES string of the molecule is CCCCCOc1ccc(C(C#N)N2CCN(CC)CC2)cc1. The topological polar surface area (TPSA) is 39.5 Å². The smallest absolute Gasteiger partial charge is 0.123 e. The minimum atomic E-state index is -0.150. The van der Waals surface area contributed by atoms with Crippen LogP contribution in [0.4, 0.5) is 0 Å². The van der Waals surface area contributed by atoms with Gasteiger partial charge in [0.15, 0.2) is 0 Å². The van der Waals surface area contributed by atoms with E-state index in [1.54, 1.807) is 0 Å². The molecule has 0 bridgehead atoms. The molecular weight excluding hydrogens is 286 g/mol. The number of hydrogen-bond donors (Lipinski definition) is 0. The van der Waals surface area contributed by atoms with E-state index in [4.69, 9.17) is 4.74 Å². The van der Waals surface area contributed by atoms with E-state index in [0.29, 0.717) is 0 Å². The van der Waals surface area contributed by atoms with Crippen LogP contribution in [0.3, 0.4) is 0 Å². The second-order valence-corrected chi connectivity index (χ2v) is 6.13. The number of unbranched alkanes of at least 4 members (excludes halogenated alkanes) is 2. The Kier molecular flexibility index (Phi) is 7.38. The minimum Gasteiger partial charge on any atom is -0.494 e. The van der Waals surface area contributed by atoms with E-state index in [1.165, 1.54) is 12.8 Å². The normalized spacial score (nSPS) is 17.6. The zero-order valence-electron chi connectivity index (χ0n) is 14.5. The number of nitriles is 1. The molecule has 0 saturated carbocycles. The van der Waals surface area contributed by atoms with Crippen LogP contribution in [0.15, 0.2) is 24.3 Å². The van der Waals surface area contributed by atoms with Gasteiger partial charge in [-0.1, -0.05) is 38.8 Å². The van der Waals surface area contributed by atoms with Gasteiger partial charge in [-0.05, 0) is 30.7 Å². The highest BCUT2D eigenvalue weighted by molar-refractivity contribution is 5.31. The maximum atomic E-state index is 9.59. The second-order valence-electron chi connectivity index (χ2n) is 6.13. The fraction of sp³-hybridized carbons (Fsp3) is 0.632. The van der Waals surface area contributed by atoms with Crippen molar-refractivity contribution in [3.05, 3.63) is 29.8 Å². The fourth-order valence-corrected chi connectivity index (χ4v) is 2.99. The Morgan fingerprint density at radius 3 is 2.35 bits per heavy atom. The van der Waals surface area contributed by atoms with Crippen LogP contribution in [-0.4, -0.2) is 49.1 Å². The van der Waals surface area contributed by atoms with Crippen molar-refractivity contribution >= 4 is 0 Å². The quantitative estimate of drug-likeness (QED) is 0.689. The van der Waals surface area contributed by atoms with Gasteiger partial charge >= 0.3 is 0 Å². The summed E-state index contributed by atoms with van der Waals surface area (Å²) in [4.78, 5) is 4.71. The first-order chi connectivity index (χ1) is 11.3. The highest BCUT2D eigenvalue weighted by atomic mass is 16.5. The number of ether oxygens (including phenoxy) is 1. The molecule has 0 aromatic heterocycles. The average molecular weight is 315 g/mol. The lowest BCUT2D eigenvalue weighted by molar-refractivity contribution is 0.118. The average Bonchev–Trinajstić information content (AvgIpc) is 2.61. The molecule has 1 aliphatic rings. The molecule has 0 spiro atoms. The molecule has 4 nitrogen and oxygen atoms in total. The van der Waals surface area contributed by atoms with Crippen molar-refractivity contribution in [3.63, 3.8) is 0 Å². The van der Waals surface area contributed by atoms with Crippen LogP contribution < -0.4 is 4.74 Å². The third-order valence-corrected chi connectivity index (χ3v) is 4.55. The van der Waals surface area contributed by atoms with Crippen LogP contribution in [0.25, 0.3) is 0 Å². The molecule has 1 atom stereocenters. The van der Waals surface area contributed by atoms with Crippen molar-refractivity contribution in [2.45, 2.75) is 39.2 Å². The molecule has 1 unspecified atom stereocenters. The van der Waals surface area contributed by atoms with Crippen molar-refractivity contribution in [2.75, 3.05) is 39.3 Å². The monoisotopic (exact) mass is 315 g/mol. The Hall–Kier alpha value is -1.57. The minimum absolute atomic E-state index is 0.150. The van der Waals surface area contributed by atoms with Crippen molar-refractivity contribution in [2.24, 2.45) is 0 Å². The molecule has 1 fully saturated rings. The van der Waals surface area contributed by atoms with Crippen LogP contribution in [0, 0.1) is 11.3 Å². The van der Waals surface area contributed by atoms with Crippen LogP contribution in [-0.2, 0) is 0 Å². The molecule has 2 rings (SSSR count). The Morgan fingerprint density at radius 1 is 1.09 bits per heavy atom. The molecule has 23 heavy (non-hydrogen) atoms. The molecule has 0 radical (unpaired) electrons. The highest BCUT2D eigenvalue weighted by Crippen LogP contribution is 2.24. The third-order valence-electron chi connectivity index (χ3n) is 4.55. The second kappa shape index (κ2) is 9.54. The molecule has 0 amide bonds. The molecule has 4 heteroatoms. The summed E-state index contributed by atoms with van der Waals surface area (Å²) in [5, 5.41) is 9.59. The summed E-state index contributed by atoms with van der Waals surface area (Å²) in [6.45, 7) is 10.3. The third kappa shape index (κ3) is 5.23. The van der Waals surface area contributed by atoms with Gasteiger partial charge in [-0.3, -0.25) is 4.90 Å². The lowest BCUT2D eigenvalue weighted by Gasteiger charge is -2.36. The molecule has 0 N–H and O–H groups in total. The zero-order valence-corrected chi connectivity index (χ0v) is 14.5. The Morgan fingerprint density at radius 2 is 1.78 bits per heavy atom. The maximum Gasteiger partial charge on any atom is 0.123 e. The molecule has 126 valence electrons. The first-order valence-electron chi connectivity index (χ1n) is 8.87. The number of benzene rings is 1. The van der Waals surface area contributed by atoms with Gasteiger partial charge in [0.2, 0.25) is 0 Å². The summed E-state index contributed by atoms with van der Waals surface area (Å²) in [6, 6.07) is 10.4. The predicted octanol–water partition coefficient (Wildman–Crippen LogP) is 3.46. The summed E-state index contributed by atoms with van der Waals surface area (Å²) in [6.07, 6.45) is 3.51. The van der Waals surface area contributed by atoms with Crippen molar-refractivity contribution in [1.29, 1.82) is 5.26 Å². The number of piperazine rings is 1. The summed E-state index contributed by atoms with van der Waals surface area (Å²) in [5.74, 6) is 0.900. The van der Waals surface area contributed by atoms with E-state index >= 15 is 0 Å². The molecule has 1 aromatic rings. The van der Waals surface area contributed by atoms with Gasteiger partial charge in [0.1, 0.15) is 11.8 Å². The molecular formula is C19H29N3O. The van der Waals surface area contributed by atoms with E-state index in [-0.39, 0.29) is 6.04 Å². The zero-order chi connectivity index (χ0) is 16.5. The van der Waals surface area contributed by atoms with Crippen LogP contribution >= 0.6 is 0 Å². The van der Waals surface area contributed by atoms with Gasteiger partial charge in [0.05, 0.1) is 12.7 Å². The number of rotatable bonds is 8. The first kappa shape index (κ1) is 17.8. The molecule has 1 saturated heterocycles. The van der Waals surface area contributed by atoms with Crippen molar-refractivity contribution in [3.8, 4) is 11.8 Å². The lowest BCUT2D eigenvalue weighted by Crippen LogP contribution is -2.47. The van der Waals surface area contributed by atoms with E-state index in [0.717, 1.165) is 57.1 Å². The summed E-state index contributed by atoms with van der Waals surface area (Å²) in [7, 11) is 0. The Balaban J connectivity index is 1.90. The summed E-state index contributed by atoms with van der Waals surface area (Å²) >= 11 is 0. The van der Waals surface area contributed by atoms with Crippen molar-refractivity contribution in [1.82, 2.24) is 9.80 Å². The molecule has 1 aromatic carbocycles. The predicted molar refractivity (Wildman–Crippen MR) is 93.5 cm³/mol. The number of nitrogens with zero attached hydrogens (tertiary/aromatic N) is 3. The fourth-order valence-electron chi connectivity index (χ4n) is 2.99. The Bertz CT molecular complexity index is 486. The van der Waals surface area contributed by atoms with Crippen LogP contribution in [0.1, 0.15) is 44.7 Å². The number of likely N-dealkylation sites (N-methyl/N-ethyl adjacent to an activating group) is 1. The van der Waals surface area contributed by atoms with Crippen molar-refractivity contribution < 1.29 is 4.74 Å². The van der Waals surface area contributed by atoms with E-state index < -0.39 is 0 Å². The summed E-state index contributed by atoms with van der Waals surface area (Å²) < 4.78 is 5.75. The van der Waals surface area contributed by atoms with E-state index in [9.17, 15) is 5.26 Å². The standard InChI is InChI=1S/C19H29N3O/c1-3-5-6-15-23-18-9-7-17(8-10-18)19(16-20)22-13-11-21(4-2)12-14-22/h7-10,19H,3-6,11-15H2,1-2H3. The van der Waals surface area contributed by atoms with E-state index in [2.05, 4.69) is 29.7 Å². The largest absolute Gasteiger partial charge is 0.494 e. The molecule has 1 aliphatic heterocycles. The molecule has 1 heterocycles. The summed E-state index contributed by atoms with van der Waals surface area (Å²) in [5.41, 5.74) is 1.07. The Labute approximate surface area is 140 Å². The van der Waals surface area contributed by atoms with Gasteiger partial charge in [-0.2, -0.15) is 5.26 Å². The van der Waals surface area contributed by atoms with Gasteiger partial charge in [-0.25, -0.2) is 0 Å². The van der Waals surface area contributed by atoms with Crippen LogP contribution in [0.2, 0.25) is 0 Å². The van der Waals surface area contributed by atoms with Gasteiger partial charge in [-0.15, -0.1) is 0 Å².